The van der Waals surface area contributed by atoms with Gasteiger partial charge in [-0.2, -0.15) is 0 Å². The SMILES string of the molecule is CCCNC(CCN(CC)CC)Cc1ccc(F)cc1F. The summed E-state index contributed by atoms with van der Waals surface area (Å²) in [5.41, 5.74) is 0.588. The molecule has 0 bridgehead atoms. The fourth-order valence-corrected chi connectivity index (χ4v) is 2.46. The lowest BCUT2D eigenvalue weighted by molar-refractivity contribution is 0.280. The van der Waals surface area contributed by atoms with Crippen LogP contribution < -0.4 is 5.32 Å². The van der Waals surface area contributed by atoms with Crippen LogP contribution in [-0.4, -0.2) is 37.1 Å². The molecule has 1 unspecified atom stereocenters. The first-order valence-corrected chi connectivity index (χ1v) is 8.00. The molecule has 0 heterocycles. The zero-order valence-corrected chi connectivity index (χ0v) is 13.5. The van der Waals surface area contributed by atoms with Crippen molar-refractivity contribution in [1.82, 2.24) is 10.2 Å². The van der Waals surface area contributed by atoms with Crippen molar-refractivity contribution < 1.29 is 8.78 Å². The lowest BCUT2D eigenvalue weighted by Crippen LogP contribution is -2.36. The largest absolute Gasteiger partial charge is 0.314 e. The molecule has 1 rings (SSSR count). The van der Waals surface area contributed by atoms with Gasteiger partial charge in [0.15, 0.2) is 0 Å². The van der Waals surface area contributed by atoms with Crippen molar-refractivity contribution in [3.63, 3.8) is 0 Å². The van der Waals surface area contributed by atoms with Crippen molar-refractivity contribution in [1.29, 1.82) is 0 Å². The predicted octanol–water partition coefficient (Wildman–Crippen LogP) is 3.61. The van der Waals surface area contributed by atoms with Crippen LogP contribution in [0.1, 0.15) is 39.2 Å². The molecule has 0 saturated heterocycles. The van der Waals surface area contributed by atoms with E-state index in [9.17, 15) is 8.78 Å². The number of nitrogens with one attached hydrogen (secondary N) is 1. The van der Waals surface area contributed by atoms with Crippen LogP contribution in [0, 0.1) is 11.6 Å². The third-order valence-electron chi connectivity index (χ3n) is 3.85. The summed E-state index contributed by atoms with van der Waals surface area (Å²) in [6, 6.07) is 4.09. The maximum Gasteiger partial charge on any atom is 0.129 e. The smallest absolute Gasteiger partial charge is 0.129 e. The highest BCUT2D eigenvalue weighted by Gasteiger charge is 2.13. The second-order valence-corrected chi connectivity index (χ2v) is 5.41. The monoisotopic (exact) mass is 298 g/mol. The second-order valence-electron chi connectivity index (χ2n) is 5.41. The van der Waals surface area contributed by atoms with Crippen molar-refractivity contribution in [3.05, 3.63) is 35.4 Å². The van der Waals surface area contributed by atoms with E-state index in [4.69, 9.17) is 0 Å². The van der Waals surface area contributed by atoms with Crippen molar-refractivity contribution in [2.24, 2.45) is 0 Å². The fourth-order valence-electron chi connectivity index (χ4n) is 2.46. The molecule has 1 aromatic rings. The minimum atomic E-state index is -0.516. The van der Waals surface area contributed by atoms with Crippen LogP contribution in [0.15, 0.2) is 18.2 Å². The molecule has 1 N–H and O–H groups in total. The third kappa shape index (κ3) is 6.53. The van der Waals surface area contributed by atoms with Crippen LogP contribution in [0.2, 0.25) is 0 Å². The predicted molar refractivity (Wildman–Crippen MR) is 84.5 cm³/mol. The van der Waals surface area contributed by atoms with E-state index < -0.39 is 11.6 Å². The van der Waals surface area contributed by atoms with Crippen molar-refractivity contribution in [2.45, 2.75) is 46.1 Å². The van der Waals surface area contributed by atoms with Crippen molar-refractivity contribution >= 4 is 0 Å². The van der Waals surface area contributed by atoms with Gasteiger partial charge in [-0.25, -0.2) is 8.78 Å². The van der Waals surface area contributed by atoms with Gasteiger partial charge >= 0.3 is 0 Å². The Hall–Kier alpha value is -1.00. The third-order valence-corrected chi connectivity index (χ3v) is 3.85. The van der Waals surface area contributed by atoms with E-state index in [0.29, 0.717) is 12.0 Å². The summed E-state index contributed by atoms with van der Waals surface area (Å²) in [7, 11) is 0. The molecule has 120 valence electrons. The Morgan fingerprint density at radius 2 is 1.86 bits per heavy atom. The van der Waals surface area contributed by atoms with E-state index in [1.807, 2.05) is 0 Å². The molecule has 4 heteroatoms. The minimum Gasteiger partial charge on any atom is -0.314 e. The highest BCUT2D eigenvalue weighted by Crippen LogP contribution is 2.13. The van der Waals surface area contributed by atoms with Gasteiger partial charge in [-0.1, -0.05) is 26.8 Å². The first-order chi connectivity index (χ1) is 10.1. The van der Waals surface area contributed by atoms with Gasteiger partial charge in [0, 0.05) is 12.1 Å². The maximum atomic E-state index is 13.8. The molecular formula is C17H28F2N2. The molecule has 0 spiro atoms. The Kier molecular flexibility index (Phi) is 8.47. The summed E-state index contributed by atoms with van der Waals surface area (Å²) < 4.78 is 26.8. The molecule has 2 nitrogen and oxygen atoms in total. The van der Waals surface area contributed by atoms with Gasteiger partial charge in [0.1, 0.15) is 11.6 Å². The van der Waals surface area contributed by atoms with E-state index in [0.717, 1.165) is 45.1 Å². The number of halogens is 2. The molecule has 0 aliphatic rings. The average molecular weight is 298 g/mol. The van der Waals surface area contributed by atoms with Gasteiger partial charge in [0.05, 0.1) is 0 Å². The van der Waals surface area contributed by atoms with E-state index in [1.165, 1.54) is 6.07 Å². The lowest BCUT2D eigenvalue weighted by atomic mass is 10.0. The zero-order chi connectivity index (χ0) is 15.7. The summed E-state index contributed by atoms with van der Waals surface area (Å²) in [6.45, 7) is 10.4. The number of benzene rings is 1. The van der Waals surface area contributed by atoms with E-state index in [1.54, 1.807) is 6.07 Å². The molecule has 1 aromatic carbocycles. The first kappa shape index (κ1) is 18.1. The second kappa shape index (κ2) is 9.85. The van der Waals surface area contributed by atoms with E-state index >= 15 is 0 Å². The summed E-state index contributed by atoms with van der Waals surface area (Å²) in [5.74, 6) is -0.960. The van der Waals surface area contributed by atoms with Crippen LogP contribution >= 0.6 is 0 Å². The Balaban J connectivity index is 2.63. The summed E-state index contributed by atoms with van der Waals surface area (Å²) in [6.07, 6.45) is 2.62. The molecule has 21 heavy (non-hydrogen) atoms. The molecule has 1 atom stereocenters. The van der Waals surface area contributed by atoms with Crippen LogP contribution in [0.4, 0.5) is 8.78 Å². The Bertz CT molecular complexity index is 406. The quantitative estimate of drug-likeness (QED) is 0.710. The molecule has 0 radical (unpaired) electrons. The minimum absolute atomic E-state index is 0.227. The molecule has 0 saturated carbocycles. The summed E-state index contributed by atoms with van der Waals surface area (Å²) >= 11 is 0. The number of hydrogen-bond donors (Lipinski definition) is 1. The van der Waals surface area contributed by atoms with Gasteiger partial charge in [-0.05, 0) is 57.1 Å². The van der Waals surface area contributed by atoms with Crippen LogP contribution in [0.25, 0.3) is 0 Å². The standard InChI is InChI=1S/C17H28F2N2/c1-4-10-20-16(9-11-21(5-2)6-3)12-14-7-8-15(18)13-17(14)19/h7-8,13,16,20H,4-6,9-12H2,1-3H3. The summed E-state index contributed by atoms with van der Waals surface area (Å²) in [5, 5.41) is 3.48. The molecule has 0 aliphatic carbocycles. The van der Waals surface area contributed by atoms with Crippen LogP contribution in [0.5, 0.6) is 0 Å². The molecule has 0 aliphatic heterocycles. The molecule has 0 fully saturated rings. The topological polar surface area (TPSA) is 15.3 Å². The number of hydrogen-bond acceptors (Lipinski definition) is 2. The normalized spacial score (nSPS) is 12.9. The molecule has 0 aromatic heterocycles. The highest BCUT2D eigenvalue weighted by molar-refractivity contribution is 5.19. The van der Waals surface area contributed by atoms with Gasteiger partial charge in [0.2, 0.25) is 0 Å². The summed E-state index contributed by atoms with van der Waals surface area (Å²) in [4.78, 5) is 2.36. The first-order valence-electron chi connectivity index (χ1n) is 8.00. The van der Waals surface area contributed by atoms with E-state index in [-0.39, 0.29) is 6.04 Å². The molecule has 0 amide bonds. The van der Waals surface area contributed by atoms with Gasteiger partial charge in [0.25, 0.3) is 0 Å². The highest BCUT2D eigenvalue weighted by atomic mass is 19.1. The maximum absolute atomic E-state index is 13.8. The fraction of sp³-hybridized carbons (Fsp3) is 0.647. The lowest BCUT2D eigenvalue weighted by Gasteiger charge is -2.24. The Morgan fingerprint density at radius 3 is 2.43 bits per heavy atom. The van der Waals surface area contributed by atoms with Gasteiger partial charge in [-0.15, -0.1) is 0 Å². The van der Waals surface area contributed by atoms with Crippen molar-refractivity contribution in [2.75, 3.05) is 26.2 Å². The van der Waals surface area contributed by atoms with Gasteiger partial charge in [-0.3, -0.25) is 0 Å². The Morgan fingerprint density at radius 1 is 1.14 bits per heavy atom. The van der Waals surface area contributed by atoms with Crippen molar-refractivity contribution in [3.8, 4) is 0 Å². The number of rotatable bonds is 10. The van der Waals surface area contributed by atoms with Crippen LogP contribution in [-0.2, 0) is 6.42 Å². The zero-order valence-electron chi connectivity index (χ0n) is 13.5. The Labute approximate surface area is 127 Å². The average Bonchev–Trinajstić information content (AvgIpc) is 2.47. The van der Waals surface area contributed by atoms with E-state index in [2.05, 4.69) is 31.0 Å². The van der Waals surface area contributed by atoms with Crippen LogP contribution in [0.3, 0.4) is 0 Å². The van der Waals surface area contributed by atoms with Gasteiger partial charge < -0.3 is 10.2 Å². The number of nitrogens with zero attached hydrogens (tertiary/aromatic N) is 1. The molecular weight excluding hydrogens is 270 g/mol.